The molecule has 90 valence electrons. The van der Waals surface area contributed by atoms with E-state index in [9.17, 15) is 0 Å². The minimum atomic E-state index is 0.141. The van der Waals surface area contributed by atoms with Gasteiger partial charge in [-0.05, 0) is 25.2 Å². The molecule has 1 aromatic heterocycles. The van der Waals surface area contributed by atoms with Gasteiger partial charge in [-0.2, -0.15) is 5.10 Å². The van der Waals surface area contributed by atoms with Crippen molar-refractivity contribution < 1.29 is 4.74 Å². The normalized spacial score (nSPS) is 12.6. The van der Waals surface area contributed by atoms with E-state index in [2.05, 4.69) is 10.4 Å². The highest BCUT2D eigenvalue weighted by atomic mass is 16.5. The fourth-order valence-corrected chi connectivity index (χ4v) is 1.85. The third-order valence-electron chi connectivity index (χ3n) is 2.71. The molecule has 0 spiro atoms. The van der Waals surface area contributed by atoms with Gasteiger partial charge in [0.1, 0.15) is 0 Å². The maximum Gasteiger partial charge on any atom is 0.0731 e. The molecule has 0 aliphatic rings. The molecule has 1 atom stereocenters. The molecule has 0 bridgehead atoms. The molecule has 4 nitrogen and oxygen atoms in total. The van der Waals surface area contributed by atoms with Gasteiger partial charge in [0.2, 0.25) is 0 Å². The number of nitrogens with one attached hydrogen (secondary N) is 1. The minimum Gasteiger partial charge on any atom is -0.383 e. The lowest BCUT2D eigenvalue weighted by Gasteiger charge is -2.17. The van der Waals surface area contributed by atoms with Crippen LogP contribution in [0, 0.1) is 0 Å². The Morgan fingerprint density at radius 2 is 2.06 bits per heavy atom. The molecule has 2 rings (SSSR count). The summed E-state index contributed by atoms with van der Waals surface area (Å²) >= 11 is 0. The molecule has 0 saturated carbocycles. The van der Waals surface area contributed by atoms with Crippen molar-refractivity contribution in [3.05, 3.63) is 48.3 Å². The number of likely N-dealkylation sites (N-methyl/N-ethyl adjacent to an activating group) is 1. The molecule has 1 heterocycles. The van der Waals surface area contributed by atoms with Crippen LogP contribution in [0.3, 0.4) is 0 Å². The Morgan fingerprint density at radius 3 is 2.71 bits per heavy atom. The molecular weight excluding hydrogens is 214 g/mol. The van der Waals surface area contributed by atoms with Gasteiger partial charge < -0.3 is 10.1 Å². The van der Waals surface area contributed by atoms with Crippen molar-refractivity contribution in [2.75, 3.05) is 20.8 Å². The standard InChI is InChI=1S/C13H17N3O/c1-14-12(10-17-2)13-8-9-15-16(13)11-6-4-3-5-7-11/h3-9,12,14H,10H2,1-2H3. The summed E-state index contributed by atoms with van der Waals surface area (Å²) in [5.74, 6) is 0. The minimum absolute atomic E-state index is 0.141. The first-order chi connectivity index (χ1) is 8.36. The quantitative estimate of drug-likeness (QED) is 0.852. The van der Waals surface area contributed by atoms with Crippen molar-refractivity contribution in [1.82, 2.24) is 15.1 Å². The molecule has 0 fully saturated rings. The van der Waals surface area contributed by atoms with E-state index in [1.807, 2.05) is 54.3 Å². The lowest BCUT2D eigenvalue weighted by atomic mass is 10.2. The average Bonchev–Trinajstić information content (AvgIpc) is 2.86. The third-order valence-corrected chi connectivity index (χ3v) is 2.71. The summed E-state index contributed by atoms with van der Waals surface area (Å²) in [6.07, 6.45) is 1.81. The first-order valence-corrected chi connectivity index (χ1v) is 5.62. The Morgan fingerprint density at radius 1 is 1.29 bits per heavy atom. The van der Waals surface area contributed by atoms with Crippen molar-refractivity contribution in [1.29, 1.82) is 0 Å². The van der Waals surface area contributed by atoms with Gasteiger partial charge in [0.25, 0.3) is 0 Å². The molecule has 1 N–H and O–H groups in total. The molecule has 0 amide bonds. The van der Waals surface area contributed by atoms with E-state index in [1.54, 1.807) is 7.11 Å². The second kappa shape index (κ2) is 5.61. The highest BCUT2D eigenvalue weighted by Gasteiger charge is 2.14. The smallest absolute Gasteiger partial charge is 0.0731 e. The highest BCUT2D eigenvalue weighted by Crippen LogP contribution is 2.17. The summed E-state index contributed by atoms with van der Waals surface area (Å²) in [6, 6.07) is 12.2. The molecule has 1 unspecified atom stereocenters. The molecule has 1 aromatic carbocycles. The van der Waals surface area contributed by atoms with Crippen LogP contribution in [-0.4, -0.2) is 30.5 Å². The molecule has 17 heavy (non-hydrogen) atoms. The van der Waals surface area contributed by atoms with Crippen molar-refractivity contribution in [2.45, 2.75) is 6.04 Å². The number of rotatable bonds is 5. The Kier molecular flexibility index (Phi) is 3.90. The SMILES string of the molecule is CNC(COC)c1ccnn1-c1ccccc1. The van der Waals surface area contributed by atoms with E-state index in [0.717, 1.165) is 11.4 Å². The number of nitrogens with zero attached hydrogens (tertiary/aromatic N) is 2. The number of benzene rings is 1. The van der Waals surface area contributed by atoms with Crippen molar-refractivity contribution >= 4 is 0 Å². The van der Waals surface area contributed by atoms with Crippen LogP contribution >= 0.6 is 0 Å². The van der Waals surface area contributed by atoms with Gasteiger partial charge in [-0.3, -0.25) is 0 Å². The Labute approximate surface area is 101 Å². The van der Waals surface area contributed by atoms with Crippen LogP contribution in [0.1, 0.15) is 11.7 Å². The second-order valence-corrected chi connectivity index (χ2v) is 3.80. The first kappa shape index (κ1) is 11.8. The van der Waals surface area contributed by atoms with Crippen LogP contribution < -0.4 is 5.32 Å². The Balaban J connectivity index is 2.34. The van der Waals surface area contributed by atoms with Crippen LogP contribution in [0.5, 0.6) is 0 Å². The summed E-state index contributed by atoms with van der Waals surface area (Å²) < 4.78 is 7.14. The van der Waals surface area contributed by atoms with E-state index in [-0.39, 0.29) is 6.04 Å². The van der Waals surface area contributed by atoms with E-state index in [4.69, 9.17) is 4.74 Å². The van der Waals surface area contributed by atoms with Crippen LogP contribution in [0.2, 0.25) is 0 Å². The molecule has 2 aromatic rings. The van der Waals surface area contributed by atoms with E-state index in [0.29, 0.717) is 6.61 Å². The fourth-order valence-electron chi connectivity index (χ4n) is 1.85. The summed E-state index contributed by atoms with van der Waals surface area (Å²) in [6.45, 7) is 0.620. The van der Waals surface area contributed by atoms with Crippen LogP contribution in [-0.2, 0) is 4.74 Å². The first-order valence-electron chi connectivity index (χ1n) is 5.62. The van der Waals surface area contributed by atoms with Gasteiger partial charge in [-0.1, -0.05) is 18.2 Å². The largest absolute Gasteiger partial charge is 0.383 e. The maximum absolute atomic E-state index is 5.21. The summed E-state index contributed by atoms with van der Waals surface area (Å²) in [7, 11) is 3.62. The summed E-state index contributed by atoms with van der Waals surface area (Å²) in [5, 5.41) is 7.59. The fraction of sp³-hybridized carbons (Fsp3) is 0.308. The zero-order valence-electron chi connectivity index (χ0n) is 10.1. The second-order valence-electron chi connectivity index (χ2n) is 3.80. The number of hydrogen-bond donors (Lipinski definition) is 1. The van der Waals surface area contributed by atoms with E-state index >= 15 is 0 Å². The van der Waals surface area contributed by atoms with Crippen molar-refractivity contribution in [3.8, 4) is 5.69 Å². The average molecular weight is 231 g/mol. The molecule has 0 radical (unpaired) electrons. The number of methoxy groups -OCH3 is 1. The van der Waals surface area contributed by atoms with Crippen LogP contribution in [0.4, 0.5) is 0 Å². The predicted molar refractivity (Wildman–Crippen MR) is 67.2 cm³/mol. The molecular formula is C13H17N3O. The number of para-hydroxylation sites is 1. The van der Waals surface area contributed by atoms with Gasteiger partial charge >= 0.3 is 0 Å². The molecule has 4 heteroatoms. The predicted octanol–water partition coefficient (Wildman–Crippen LogP) is 1.78. The topological polar surface area (TPSA) is 39.1 Å². The zero-order valence-corrected chi connectivity index (χ0v) is 10.1. The Bertz CT molecular complexity index is 453. The molecule has 0 aliphatic heterocycles. The van der Waals surface area contributed by atoms with Crippen LogP contribution in [0.15, 0.2) is 42.6 Å². The van der Waals surface area contributed by atoms with Gasteiger partial charge in [0, 0.05) is 13.3 Å². The van der Waals surface area contributed by atoms with Gasteiger partial charge in [0.05, 0.1) is 24.0 Å². The van der Waals surface area contributed by atoms with E-state index < -0.39 is 0 Å². The van der Waals surface area contributed by atoms with Gasteiger partial charge in [-0.15, -0.1) is 0 Å². The Hall–Kier alpha value is -1.65. The third kappa shape index (κ3) is 2.54. The number of aromatic nitrogens is 2. The van der Waals surface area contributed by atoms with Gasteiger partial charge in [-0.25, -0.2) is 4.68 Å². The maximum atomic E-state index is 5.21. The highest BCUT2D eigenvalue weighted by molar-refractivity contribution is 5.33. The zero-order chi connectivity index (χ0) is 12.1. The van der Waals surface area contributed by atoms with Gasteiger partial charge in [0.15, 0.2) is 0 Å². The lowest BCUT2D eigenvalue weighted by Crippen LogP contribution is -2.24. The summed E-state index contributed by atoms with van der Waals surface area (Å²) in [5.41, 5.74) is 2.16. The van der Waals surface area contributed by atoms with Crippen LogP contribution in [0.25, 0.3) is 5.69 Å². The van der Waals surface area contributed by atoms with Crippen molar-refractivity contribution in [3.63, 3.8) is 0 Å². The molecule has 0 aliphatic carbocycles. The summed E-state index contributed by atoms with van der Waals surface area (Å²) in [4.78, 5) is 0. The number of hydrogen-bond acceptors (Lipinski definition) is 3. The molecule has 0 saturated heterocycles. The number of ether oxygens (including phenoxy) is 1. The van der Waals surface area contributed by atoms with E-state index in [1.165, 1.54) is 0 Å². The van der Waals surface area contributed by atoms with Crippen molar-refractivity contribution in [2.24, 2.45) is 0 Å². The monoisotopic (exact) mass is 231 g/mol. The lowest BCUT2D eigenvalue weighted by molar-refractivity contribution is 0.168.